The van der Waals surface area contributed by atoms with Gasteiger partial charge in [0.2, 0.25) is 0 Å². The number of alkyl halides is 3. The fourth-order valence-electron chi connectivity index (χ4n) is 2.57. The summed E-state index contributed by atoms with van der Waals surface area (Å²) in [5.41, 5.74) is 1.45. The lowest BCUT2D eigenvalue weighted by molar-refractivity contribution is -0.137. The molecule has 0 bridgehead atoms. The molecule has 1 heterocycles. The lowest BCUT2D eigenvalue weighted by Crippen LogP contribution is -2.26. The molecule has 0 aliphatic carbocycles. The highest BCUT2D eigenvalue weighted by atomic mass is 19.4. The largest absolute Gasteiger partial charge is 0.416 e. The van der Waals surface area contributed by atoms with Crippen LogP contribution >= 0.6 is 0 Å². The Labute approximate surface area is 142 Å². The Morgan fingerprint density at radius 2 is 1.88 bits per heavy atom. The predicted molar refractivity (Wildman–Crippen MR) is 85.6 cm³/mol. The first kappa shape index (κ1) is 17.4. The maximum Gasteiger partial charge on any atom is 0.416 e. The highest BCUT2D eigenvalue weighted by Crippen LogP contribution is 2.29. The van der Waals surface area contributed by atoms with Crippen molar-refractivity contribution in [2.45, 2.75) is 25.2 Å². The number of nitrogens with zero attached hydrogens (tertiary/aromatic N) is 1. The SMILES string of the molecule is Fc1cccc(C2=NO[C@@H](CNCc3ccc(C(F)(F)F)cc3)C2)c1. The van der Waals surface area contributed by atoms with Crippen molar-refractivity contribution >= 4 is 5.71 Å². The Hall–Kier alpha value is -2.41. The van der Waals surface area contributed by atoms with Crippen LogP contribution in [0.2, 0.25) is 0 Å². The van der Waals surface area contributed by atoms with Gasteiger partial charge in [0.1, 0.15) is 11.9 Å². The molecule has 1 atom stereocenters. The van der Waals surface area contributed by atoms with Crippen molar-refractivity contribution in [2.75, 3.05) is 6.54 Å². The lowest BCUT2D eigenvalue weighted by atomic mass is 10.0. The van der Waals surface area contributed by atoms with Crippen molar-refractivity contribution in [1.29, 1.82) is 0 Å². The first-order chi connectivity index (χ1) is 11.9. The first-order valence-corrected chi connectivity index (χ1v) is 7.77. The number of halogens is 4. The fourth-order valence-corrected chi connectivity index (χ4v) is 2.57. The summed E-state index contributed by atoms with van der Waals surface area (Å²) in [6.07, 6.45) is -3.97. The number of hydrogen-bond acceptors (Lipinski definition) is 3. The van der Waals surface area contributed by atoms with Gasteiger partial charge in [-0.25, -0.2) is 4.39 Å². The molecule has 0 saturated carbocycles. The van der Waals surface area contributed by atoms with Crippen LogP contribution < -0.4 is 5.32 Å². The Morgan fingerprint density at radius 3 is 2.56 bits per heavy atom. The molecule has 7 heteroatoms. The van der Waals surface area contributed by atoms with Crippen LogP contribution in [0, 0.1) is 5.82 Å². The van der Waals surface area contributed by atoms with Crippen molar-refractivity contribution in [3.8, 4) is 0 Å². The molecule has 132 valence electrons. The van der Waals surface area contributed by atoms with E-state index in [4.69, 9.17) is 4.84 Å². The molecule has 0 fully saturated rings. The third-order valence-corrected chi connectivity index (χ3v) is 3.87. The van der Waals surface area contributed by atoms with Gasteiger partial charge in [-0.15, -0.1) is 0 Å². The van der Waals surface area contributed by atoms with Gasteiger partial charge in [0.25, 0.3) is 0 Å². The van der Waals surface area contributed by atoms with Crippen LogP contribution in [0.15, 0.2) is 53.7 Å². The first-order valence-electron chi connectivity index (χ1n) is 7.77. The van der Waals surface area contributed by atoms with Gasteiger partial charge in [0.15, 0.2) is 0 Å². The molecule has 0 radical (unpaired) electrons. The van der Waals surface area contributed by atoms with E-state index in [1.165, 1.54) is 24.3 Å². The maximum absolute atomic E-state index is 13.2. The average Bonchev–Trinajstić information content (AvgIpc) is 3.03. The Kier molecular flexibility index (Phi) is 5.03. The molecule has 1 aliphatic rings. The standard InChI is InChI=1S/C18H16F4N2O/c19-15-3-1-2-13(8-15)17-9-16(25-24-17)11-23-10-12-4-6-14(7-5-12)18(20,21)22/h1-8,16,23H,9-11H2/t16-/m1/s1. The van der Waals surface area contributed by atoms with Gasteiger partial charge in [-0.3, -0.25) is 0 Å². The molecule has 0 saturated heterocycles. The van der Waals surface area contributed by atoms with Crippen LogP contribution in [0.3, 0.4) is 0 Å². The van der Waals surface area contributed by atoms with E-state index in [-0.39, 0.29) is 11.9 Å². The van der Waals surface area contributed by atoms with E-state index in [2.05, 4.69) is 10.5 Å². The van der Waals surface area contributed by atoms with Crippen molar-refractivity contribution < 1.29 is 22.4 Å². The minimum Gasteiger partial charge on any atom is -0.390 e. The molecule has 2 aromatic rings. The Bertz CT molecular complexity index is 756. The second-order valence-electron chi connectivity index (χ2n) is 5.81. The Morgan fingerprint density at radius 1 is 1.12 bits per heavy atom. The number of nitrogens with one attached hydrogen (secondary N) is 1. The molecular weight excluding hydrogens is 336 g/mol. The molecule has 1 aliphatic heterocycles. The number of rotatable bonds is 5. The van der Waals surface area contributed by atoms with Gasteiger partial charge in [0, 0.05) is 25.1 Å². The van der Waals surface area contributed by atoms with Gasteiger partial charge >= 0.3 is 6.18 Å². The smallest absolute Gasteiger partial charge is 0.390 e. The highest BCUT2D eigenvalue weighted by Gasteiger charge is 2.29. The zero-order chi connectivity index (χ0) is 17.9. The van der Waals surface area contributed by atoms with E-state index >= 15 is 0 Å². The van der Waals surface area contributed by atoms with E-state index in [9.17, 15) is 17.6 Å². The van der Waals surface area contributed by atoms with Crippen molar-refractivity contribution in [1.82, 2.24) is 5.32 Å². The van der Waals surface area contributed by atoms with Crippen LogP contribution in [0.25, 0.3) is 0 Å². The van der Waals surface area contributed by atoms with Gasteiger partial charge < -0.3 is 10.2 Å². The molecule has 0 spiro atoms. The van der Waals surface area contributed by atoms with E-state index in [0.717, 1.165) is 17.7 Å². The summed E-state index contributed by atoms with van der Waals surface area (Å²) in [6, 6.07) is 11.2. The lowest BCUT2D eigenvalue weighted by Gasteiger charge is -2.11. The van der Waals surface area contributed by atoms with E-state index < -0.39 is 11.7 Å². The Balaban J connectivity index is 1.46. The highest BCUT2D eigenvalue weighted by molar-refractivity contribution is 6.01. The zero-order valence-corrected chi connectivity index (χ0v) is 13.2. The molecule has 1 N–H and O–H groups in total. The molecule has 0 aromatic heterocycles. The van der Waals surface area contributed by atoms with Crippen molar-refractivity contribution in [3.05, 3.63) is 71.0 Å². The predicted octanol–water partition coefficient (Wildman–Crippen LogP) is 4.13. The van der Waals surface area contributed by atoms with Crippen LogP contribution in [-0.4, -0.2) is 18.4 Å². The van der Waals surface area contributed by atoms with Gasteiger partial charge in [-0.2, -0.15) is 13.2 Å². The average molecular weight is 352 g/mol. The van der Waals surface area contributed by atoms with Crippen LogP contribution in [0.4, 0.5) is 17.6 Å². The van der Waals surface area contributed by atoms with Gasteiger partial charge in [-0.1, -0.05) is 29.4 Å². The molecule has 0 unspecified atom stereocenters. The van der Waals surface area contributed by atoms with E-state index in [1.807, 2.05) is 0 Å². The summed E-state index contributed by atoms with van der Waals surface area (Å²) in [6.45, 7) is 0.913. The third kappa shape index (κ3) is 4.57. The van der Waals surface area contributed by atoms with Crippen LogP contribution in [-0.2, 0) is 17.6 Å². The molecule has 3 nitrogen and oxygen atoms in total. The zero-order valence-electron chi connectivity index (χ0n) is 13.2. The fraction of sp³-hybridized carbons (Fsp3) is 0.278. The minimum atomic E-state index is -4.33. The monoisotopic (exact) mass is 352 g/mol. The quantitative estimate of drug-likeness (QED) is 0.821. The maximum atomic E-state index is 13.2. The summed E-state index contributed by atoms with van der Waals surface area (Å²) in [5, 5.41) is 7.11. The summed E-state index contributed by atoms with van der Waals surface area (Å²) in [4.78, 5) is 5.32. The topological polar surface area (TPSA) is 33.6 Å². The number of hydrogen-bond donors (Lipinski definition) is 1. The molecule has 0 amide bonds. The van der Waals surface area contributed by atoms with Gasteiger partial charge in [0.05, 0.1) is 11.3 Å². The van der Waals surface area contributed by atoms with Crippen LogP contribution in [0.1, 0.15) is 23.1 Å². The van der Waals surface area contributed by atoms with E-state index in [0.29, 0.717) is 30.8 Å². The minimum absolute atomic E-state index is 0.187. The molecule has 25 heavy (non-hydrogen) atoms. The normalized spacial score (nSPS) is 17.3. The second-order valence-corrected chi connectivity index (χ2v) is 5.81. The summed E-state index contributed by atoms with van der Waals surface area (Å²) >= 11 is 0. The molecule has 2 aromatic carbocycles. The summed E-state index contributed by atoms with van der Waals surface area (Å²) in [7, 11) is 0. The van der Waals surface area contributed by atoms with E-state index in [1.54, 1.807) is 12.1 Å². The summed E-state index contributed by atoms with van der Waals surface area (Å²) in [5.74, 6) is -0.330. The molecular formula is C18H16F4N2O. The summed E-state index contributed by atoms with van der Waals surface area (Å²) < 4.78 is 50.8. The van der Waals surface area contributed by atoms with Crippen LogP contribution in [0.5, 0.6) is 0 Å². The second kappa shape index (κ2) is 7.23. The number of benzene rings is 2. The van der Waals surface area contributed by atoms with Crippen molar-refractivity contribution in [3.63, 3.8) is 0 Å². The van der Waals surface area contributed by atoms with Crippen molar-refractivity contribution in [2.24, 2.45) is 5.16 Å². The number of oxime groups is 1. The molecule has 3 rings (SSSR count). The third-order valence-electron chi connectivity index (χ3n) is 3.87. The van der Waals surface area contributed by atoms with Gasteiger partial charge in [-0.05, 0) is 29.8 Å².